The Morgan fingerprint density at radius 3 is 2.71 bits per heavy atom. The lowest BCUT2D eigenvalue weighted by Crippen LogP contribution is -1.94. The molecule has 78 valence electrons. The second kappa shape index (κ2) is 5.15. The molecule has 0 amide bonds. The summed E-state index contributed by atoms with van der Waals surface area (Å²) in [6.07, 6.45) is 0. The van der Waals surface area contributed by atoms with E-state index in [1.54, 1.807) is 7.11 Å². The van der Waals surface area contributed by atoms with Crippen LogP contribution < -0.4 is 10.5 Å². The summed E-state index contributed by atoms with van der Waals surface area (Å²) in [6.45, 7) is 4.39. The van der Waals surface area contributed by atoms with Gasteiger partial charge >= 0.3 is 0 Å². The molecule has 0 aliphatic carbocycles. The Kier molecular flexibility index (Phi) is 4.14. The Morgan fingerprint density at radius 2 is 2.14 bits per heavy atom. The van der Waals surface area contributed by atoms with Crippen LogP contribution >= 0.6 is 11.8 Å². The first-order valence-corrected chi connectivity index (χ1v) is 5.72. The third-order valence-corrected chi connectivity index (χ3v) is 3.05. The van der Waals surface area contributed by atoms with Gasteiger partial charge in [0, 0.05) is 5.75 Å². The summed E-state index contributed by atoms with van der Waals surface area (Å²) in [5.74, 6) is 1.78. The topological polar surface area (TPSA) is 35.2 Å². The summed E-state index contributed by atoms with van der Waals surface area (Å²) < 4.78 is 5.16. The first kappa shape index (κ1) is 11.2. The van der Waals surface area contributed by atoms with Gasteiger partial charge in [0.2, 0.25) is 0 Å². The maximum atomic E-state index is 5.72. The lowest BCUT2D eigenvalue weighted by Gasteiger charge is -2.08. The van der Waals surface area contributed by atoms with E-state index in [1.165, 1.54) is 5.56 Å². The highest BCUT2D eigenvalue weighted by molar-refractivity contribution is 7.99. The van der Waals surface area contributed by atoms with E-state index in [9.17, 15) is 0 Å². The van der Waals surface area contributed by atoms with E-state index >= 15 is 0 Å². The highest BCUT2D eigenvalue weighted by atomic mass is 32.2. The highest BCUT2D eigenvalue weighted by Crippen LogP contribution is 2.25. The molecule has 0 spiro atoms. The van der Waals surface area contributed by atoms with Gasteiger partial charge in [0.1, 0.15) is 5.75 Å². The van der Waals surface area contributed by atoms with Gasteiger partial charge < -0.3 is 10.5 Å². The molecule has 0 heterocycles. The van der Waals surface area contributed by atoms with Gasteiger partial charge in [-0.1, -0.05) is 19.9 Å². The Labute approximate surface area is 89.8 Å². The summed E-state index contributed by atoms with van der Waals surface area (Å²) in [6, 6.07) is 5.95. The number of thioether (sulfide) groups is 1. The lowest BCUT2D eigenvalue weighted by molar-refractivity contribution is 0.416. The fourth-order valence-corrected chi connectivity index (χ4v) is 1.81. The summed E-state index contributed by atoms with van der Waals surface area (Å²) in [5.41, 5.74) is 7.68. The maximum Gasteiger partial charge on any atom is 0.142 e. The van der Waals surface area contributed by atoms with Crippen LogP contribution in [-0.2, 0) is 5.75 Å². The van der Waals surface area contributed by atoms with Crippen LogP contribution in [0, 0.1) is 0 Å². The van der Waals surface area contributed by atoms with Crippen molar-refractivity contribution in [2.45, 2.75) is 24.9 Å². The summed E-state index contributed by atoms with van der Waals surface area (Å²) >= 11 is 1.91. The van der Waals surface area contributed by atoms with Crippen molar-refractivity contribution in [3.63, 3.8) is 0 Å². The van der Waals surface area contributed by atoms with Crippen molar-refractivity contribution < 1.29 is 4.74 Å². The predicted molar refractivity (Wildman–Crippen MR) is 63.8 cm³/mol. The van der Waals surface area contributed by atoms with Gasteiger partial charge in [-0.2, -0.15) is 11.8 Å². The van der Waals surface area contributed by atoms with Crippen molar-refractivity contribution >= 4 is 17.4 Å². The van der Waals surface area contributed by atoms with E-state index < -0.39 is 0 Å². The SMILES string of the molecule is COc1cc(CSC(C)C)ccc1N. The Bertz CT molecular complexity index is 299. The largest absolute Gasteiger partial charge is 0.495 e. The Hall–Kier alpha value is -0.830. The molecular weight excluding hydrogens is 194 g/mol. The van der Waals surface area contributed by atoms with Crippen LogP contribution in [-0.4, -0.2) is 12.4 Å². The number of ether oxygens (including phenoxy) is 1. The van der Waals surface area contributed by atoms with E-state index in [2.05, 4.69) is 13.8 Å². The minimum atomic E-state index is 0.651. The van der Waals surface area contributed by atoms with Crippen molar-refractivity contribution in [1.82, 2.24) is 0 Å². The smallest absolute Gasteiger partial charge is 0.142 e. The van der Waals surface area contributed by atoms with Crippen LogP contribution in [0.4, 0.5) is 5.69 Å². The van der Waals surface area contributed by atoms with Gasteiger partial charge in [-0.15, -0.1) is 0 Å². The molecule has 2 nitrogen and oxygen atoms in total. The van der Waals surface area contributed by atoms with Gasteiger partial charge in [-0.25, -0.2) is 0 Å². The minimum Gasteiger partial charge on any atom is -0.495 e. The molecule has 0 aromatic heterocycles. The van der Waals surface area contributed by atoms with Crippen LogP contribution in [0.1, 0.15) is 19.4 Å². The number of rotatable bonds is 4. The second-order valence-corrected chi connectivity index (χ2v) is 5.00. The maximum absolute atomic E-state index is 5.72. The summed E-state index contributed by atoms with van der Waals surface area (Å²) in [7, 11) is 1.64. The molecule has 0 atom stereocenters. The van der Waals surface area contributed by atoms with Gasteiger partial charge in [0.15, 0.2) is 0 Å². The van der Waals surface area contributed by atoms with Gasteiger partial charge in [-0.3, -0.25) is 0 Å². The zero-order chi connectivity index (χ0) is 10.6. The van der Waals surface area contributed by atoms with E-state index in [4.69, 9.17) is 10.5 Å². The first-order valence-electron chi connectivity index (χ1n) is 4.67. The first-order chi connectivity index (χ1) is 6.63. The average molecular weight is 211 g/mol. The molecule has 0 radical (unpaired) electrons. The molecule has 0 saturated carbocycles. The number of anilines is 1. The highest BCUT2D eigenvalue weighted by Gasteiger charge is 2.02. The molecule has 14 heavy (non-hydrogen) atoms. The van der Waals surface area contributed by atoms with Crippen molar-refractivity contribution in [2.24, 2.45) is 0 Å². The molecule has 0 aliphatic heterocycles. The molecule has 1 rings (SSSR count). The van der Waals surface area contributed by atoms with Crippen LogP contribution in [0.25, 0.3) is 0 Å². The van der Waals surface area contributed by atoms with E-state index in [0.717, 1.165) is 11.5 Å². The van der Waals surface area contributed by atoms with Crippen LogP contribution in [0.15, 0.2) is 18.2 Å². The van der Waals surface area contributed by atoms with Gasteiger partial charge in [0.05, 0.1) is 12.8 Å². The van der Waals surface area contributed by atoms with E-state index in [-0.39, 0.29) is 0 Å². The number of methoxy groups -OCH3 is 1. The standard InChI is InChI=1S/C11H17NOS/c1-8(2)14-7-9-4-5-10(12)11(6-9)13-3/h4-6,8H,7,12H2,1-3H3. The van der Waals surface area contributed by atoms with E-state index in [1.807, 2.05) is 30.0 Å². The third-order valence-electron chi connectivity index (χ3n) is 1.88. The summed E-state index contributed by atoms with van der Waals surface area (Å²) in [4.78, 5) is 0. The number of nitrogens with two attached hydrogens (primary N) is 1. The van der Waals surface area contributed by atoms with Crippen molar-refractivity contribution in [3.8, 4) is 5.75 Å². The zero-order valence-electron chi connectivity index (χ0n) is 8.91. The van der Waals surface area contributed by atoms with Gasteiger partial charge in [-0.05, 0) is 22.9 Å². The number of hydrogen-bond donors (Lipinski definition) is 1. The molecular formula is C11H17NOS. The Balaban J connectivity index is 2.69. The molecule has 1 aromatic carbocycles. The minimum absolute atomic E-state index is 0.651. The monoisotopic (exact) mass is 211 g/mol. The average Bonchev–Trinajstić information content (AvgIpc) is 2.16. The number of benzene rings is 1. The molecule has 0 aliphatic rings. The van der Waals surface area contributed by atoms with Crippen LogP contribution in [0.5, 0.6) is 5.75 Å². The van der Waals surface area contributed by atoms with E-state index in [0.29, 0.717) is 10.9 Å². The van der Waals surface area contributed by atoms with Gasteiger partial charge in [0.25, 0.3) is 0 Å². The lowest BCUT2D eigenvalue weighted by atomic mass is 10.2. The van der Waals surface area contributed by atoms with Crippen molar-refractivity contribution in [3.05, 3.63) is 23.8 Å². The van der Waals surface area contributed by atoms with Crippen LogP contribution in [0.2, 0.25) is 0 Å². The summed E-state index contributed by atoms with van der Waals surface area (Å²) in [5, 5.41) is 0.651. The van der Waals surface area contributed by atoms with Crippen molar-refractivity contribution in [2.75, 3.05) is 12.8 Å². The molecule has 1 aromatic rings. The third kappa shape index (κ3) is 3.14. The number of hydrogen-bond acceptors (Lipinski definition) is 3. The molecule has 0 unspecified atom stereocenters. The zero-order valence-corrected chi connectivity index (χ0v) is 9.73. The normalized spacial score (nSPS) is 10.6. The fraction of sp³-hybridized carbons (Fsp3) is 0.455. The molecule has 2 N–H and O–H groups in total. The Morgan fingerprint density at radius 1 is 1.43 bits per heavy atom. The number of nitrogen functional groups attached to an aromatic ring is 1. The fourth-order valence-electron chi connectivity index (χ4n) is 1.11. The van der Waals surface area contributed by atoms with Crippen LogP contribution in [0.3, 0.4) is 0 Å². The van der Waals surface area contributed by atoms with Crippen molar-refractivity contribution in [1.29, 1.82) is 0 Å². The quantitative estimate of drug-likeness (QED) is 0.778. The predicted octanol–water partition coefficient (Wildman–Crippen LogP) is 2.92. The molecule has 0 bridgehead atoms. The molecule has 0 fully saturated rings. The second-order valence-electron chi connectivity index (χ2n) is 3.44. The molecule has 0 saturated heterocycles. The molecule has 3 heteroatoms.